The molecule has 1 aromatic carbocycles. The average Bonchev–Trinajstić information content (AvgIpc) is 3.16. The van der Waals surface area contributed by atoms with E-state index >= 15 is 0 Å². The number of benzene rings is 1. The van der Waals surface area contributed by atoms with E-state index in [1.54, 1.807) is 32.9 Å². The number of imide groups is 1. The summed E-state index contributed by atoms with van der Waals surface area (Å²) < 4.78 is 18.3. The summed E-state index contributed by atoms with van der Waals surface area (Å²) in [6, 6.07) is 6.35. The number of carbonyl (C=O) groups is 3. The minimum absolute atomic E-state index is 0.0494. The fourth-order valence-electron chi connectivity index (χ4n) is 3.11. The van der Waals surface area contributed by atoms with Crippen LogP contribution in [0.1, 0.15) is 33.0 Å². The number of rotatable bonds is 10. The summed E-state index contributed by atoms with van der Waals surface area (Å²) in [6.45, 7) is 13.0. The highest BCUT2D eigenvalue weighted by Crippen LogP contribution is 2.30. The molecule has 0 bridgehead atoms. The van der Waals surface area contributed by atoms with Crippen molar-refractivity contribution in [3.05, 3.63) is 34.7 Å². The zero-order valence-corrected chi connectivity index (χ0v) is 25.2. The van der Waals surface area contributed by atoms with E-state index in [2.05, 4.69) is 50.9 Å². The largest absolute Gasteiger partial charge is 0.453 e. The number of alkyl carbamates (subject to hydrolysis) is 1. The van der Waals surface area contributed by atoms with Crippen LogP contribution in [0.25, 0.3) is 11.3 Å². The van der Waals surface area contributed by atoms with Gasteiger partial charge in [-0.1, -0.05) is 35.6 Å². The first-order valence-corrected chi connectivity index (χ1v) is 16.5. The van der Waals surface area contributed by atoms with Crippen molar-refractivity contribution in [2.75, 3.05) is 19.0 Å². The summed E-state index contributed by atoms with van der Waals surface area (Å²) in [4.78, 5) is 40.5. The SMILES string of the molecule is COC(=O)Nc1ccc(-c2cn(COCC[Si](C)(C)C)c(CCC(=O)NC(=O)OC(C)(C)C)n2)c(Br)c1. The lowest BCUT2D eigenvalue weighted by Gasteiger charge is -2.19. The second-order valence-electron chi connectivity index (χ2n) is 10.7. The average molecular weight is 598 g/mol. The number of nitrogens with one attached hydrogen (secondary N) is 2. The number of ether oxygens (including phenoxy) is 3. The van der Waals surface area contributed by atoms with Crippen LogP contribution in [0, 0.1) is 0 Å². The zero-order valence-electron chi connectivity index (χ0n) is 22.6. The fraction of sp³-hybridized carbons (Fsp3) is 0.520. The van der Waals surface area contributed by atoms with Gasteiger partial charge >= 0.3 is 12.2 Å². The van der Waals surface area contributed by atoms with E-state index in [4.69, 9.17) is 14.5 Å². The highest BCUT2D eigenvalue weighted by atomic mass is 79.9. The van der Waals surface area contributed by atoms with Gasteiger partial charge < -0.3 is 18.8 Å². The van der Waals surface area contributed by atoms with E-state index in [0.29, 0.717) is 37.0 Å². The van der Waals surface area contributed by atoms with Crippen LogP contribution < -0.4 is 10.6 Å². The van der Waals surface area contributed by atoms with Crippen molar-refractivity contribution >= 4 is 47.8 Å². The molecule has 2 rings (SSSR count). The quantitative estimate of drug-likeness (QED) is 0.263. The van der Waals surface area contributed by atoms with Gasteiger partial charge in [-0.3, -0.25) is 15.4 Å². The van der Waals surface area contributed by atoms with Crippen LogP contribution in [0.2, 0.25) is 25.7 Å². The van der Waals surface area contributed by atoms with Gasteiger partial charge in [0.1, 0.15) is 18.2 Å². The van der Waals surface area contributed by atoms with E-state index in [-0.39, 0.29) is 6.42 Å². The number of hydrogen-bond donors (Lipinski definition) is 2. The molecule has 204 valence electrons. The highest BCUT2D eigenvalue weighted by Gasteiger charge is 2.20. The molecule has 0 unspecified atom stereocenters. The summed E-state index contributed by atoms with van der Waals surface area (Å²) in [6.07, 6.45) is 0.870. The van der Waals surface area contributed by atoms with Crippen LogP contribution in [0.15, 0.2) is 28.9 Å². The Morgan fingerprint density at radius 1 is 1.14 bits per heavy atom. The summed E-state index contributed by atoms with van der Waals surface area (Å²) in [5.74, 6) is 0.190. The van der Waals surface area contributed by atoms with Crippen LogP contribution in [0.4, 0.5) is 15.3 Å². The third-order valence-corrected chi connectivity index (χ3v) is 7.34. The van der Waals surface area contributed by atoms with E-state index in [0.717, 1.165) is 16.1 Å². The van der Waals surface area contributed by atoms with Crippen molar-refractivity contribution in [3.63, 3.8) is 0 Å². The molecule has 0 radical (unpaired) electrons. The van der Waals surface area contributed by atoms with Crippen molar-refractivity contribution in [1.29, 1.82) is 0 Å². The molecule has 12 heteroatoms. The number of hydrogen-bond acceptors (Lipinski definition) is 7. The lowest BCUT2D eigenvalue weighted by Crippen LogP contribution is -2.36. The van der Waals surface area contributed by atoms with Crippen molar-refractivity contribution < 1.29 is 28.6 Å². The first-order valence-electron chi connectivity index (χ1n) is 12.0. The third-order valence-electron chi connectivity index (χ3n) is 4.98. The Morgan fingerprint density at radius 3 is 2.43 bits per heavy atom. The van der Waals surface area contributed by atoms with E-state index < -0.39 is 31.8 Å². The molecule has 0 aliphatic carbocycles. The fourth-order valence-corrected chi connectivity index (χ4v) is 4.45. The van der Waals surface area contributed by atoms with Crippen molar-refractivity contribution in [2.24, 2.45) is 0 Å². The minimum Gasteiger partial charge on any atom is -0.453 e. The van der Waals surface area contributed by atoms with Crippen LogP contribution >= 0.6 is 15.9 Å². The second kappa shape index (κ2) is 13.2. The number of aryl methyl sites for hydroxylation is 1. The second-order valence-corrected chi connectivity index (χ2v) is 17.2. The minimum atomic E-state index is -1.24. The number of anilines is 1. The molecule has 37 heavy (non-hydrogen) atoms. The molecule has 0 aliphatic rings. The zero-order chi connectivity index (χ0) is 27.8. The smallest absolute Gasteiger partial charge is 0.414 e. The van der Waals surface area contributed by atoms with Crippen LogP contribution in [0.5, 0.6) is 0 Å². The summed E-state index contributed by atoms with van der Waals surface area (Å²) in [5, 5.41) is 4.87. The highest BCUT2D eigenvalue weighted by molar-refractivity contribution is 9.10. The van der Waals surface area contributed by atoms with Crippen molar-refractivity contribution in [2.45, 2.75) is 71.6 Å². The Kier molecular flexibility index (Phi) is 10.9. The number of carbonyl (C=O) groups excluding carboxylic acids is 3. The Labute approximate surface area is 227 Å². The number of amides is 3. The maximum atomic E-state index is 12.3. The number of halogens is 1. The predicted octanol–water partition coefficient (Wildman–Crippen LogP) is 5.79. The van der Waals surface area contributed by atoms with Crippen molar-refractivity contribution in [1.82, 2.24) is 14.9 Å². The third kappa shape index (κ3) is 11.1. The standard InChI is InChI=1S/C25H37BrN4O6Si/c1-25(2,3)36-24(33)29-22(31)11-10-21-28-20(15-30(21)16-35-12-13-37(5,6)7)18-9-8-17(14-19(18)26)27-23(32)34-4/h8-9,14-15H,10-13,16H2,1-7H3,(H,27,32)(H,29,31,33). The van der Waals surface area contributed by atoms with Crippen LogP contribution in [-0.4, -0.2) is 55.0 Å². The van der Waals surface area contributed by atoms with Gasteiger partial charge in [-0.15, -0.1) is 0 Å². The number of methoxy groups -OCH3 is 1. The Hall–Kier alpha value is -2.70. The summed E-state index contributed by atoms with van der Waals surface area (Å²) >= 11 is 3.54. The molecule has 0 saturated heterocycles. The van der Waals surface area contributed by atoms with Crippen LogP contribution in [0.3, 0.4) is 0 Å². The summed E-state index contributed by atoms with van der Waals surface area (Å²) in [7, 11) is 0.0594. The maximum Gasteiger partial charge on any atom is 0.414 e. The Bertz CT molecular complexity index is 1110. The molecule has 0 saturated carbocycles. The van der Waals surface area contributed by atoms with Gasteiger partial charge in [0.05, 0.1) is 12.8 Å². The predicted molar refractivity (Wildman–Crippen MR) is 148 cm³/mol. The number of aromatic nitrogens is 2. The summed E-state index contributed by atoms with van der Waals surface area (Å²) in [5.41, 5.74) is 1.34. The molecule has 10 nitrogen and oxygen atoms in total. The molecule has 0 spiro atoms. The maximum absolute atomic E-state index is 12.3. The van der Waals surface area contributed by atoms with Crippen molar-refractivity contribution in [3.8, 4) is 11.3 Å². The van der Waals surface area contributed by atoms with Gasteiger partial charge in [0, 0.05) is 49.4 Å². The van der Waals surface area contributed by atoms with Gasteiger partial charge in [0.2, 0.25) is 5.91 Å². The Balaban J connectivity index is 2.18. The van der Waals surface area contributed by atoms with Gasteiger partial charge in [-0.2, -0.15) is 0 Å². The monoisotopic (exact) mass is 596 g/mol. The molecule has 1 aromatic heterocycles. The van der Waals surface area contributed by atoms with Gasteiger partial charge in [-0.05, 0) is 45.0 Å². The Morgan fingerprint density at radius 2 is 1.84 bits per heavy atom. The lowest BCUT2D eigenvalue weighted by atomic mass is 10.1. The number of nitrogens with zero attached hydrogens (tertiary/aromatic N) is 2. The molecule has 3 amide bonds. The molecule has 0 aliphatic heterocycles. The van der Waals surface area contributed by atoms with E-state index in [1.807, 2.05) is 16.8 Å². The van der Waals surface area contributed by atoms with Gasteiger partial charge in [0.25, 0.3) is 0 Å². The molecule has 2 aromatic rings. The molecule has 0 fully saturated rings. The van der Waals surface area contributed by atoms with E-state index in [9.17, 15) is 14.4 Å². The lowest BCUT2D eigenvalue weighted by molar-refractivity contribution is -0.120. The van der Waals surface area contributed by atoms with E-state index in [1.165, 1.54) is 7.11 Å². The molecular weight excluding hydrogens is 560 g/mol. The normalized spacial score (nSPS) is 11.7. The first kappa shape index (κ1) is 30.5. The molecule has 0 atom stereocenters. The molecule has 1 heterocycles. The number of imidazole rings is 1. The topological polar surface area (TPSA) is 121 Å². The first-order chi connectivity index (χ1) is 17.2. The molecule has 2 N–H and O–H groups in total. The van der Waals surface area contributed by atoms with Crippen LogP contribution in [-0.2, 0) is 32.2 Å². The van der Waals surface area contributed by atoms with Gasteiger partial charge in [0.15, 0.2) is 0 Å². The molecular formula is C25H37BrN4O6Si. The van der Waals surface area contributed by atoms with Gasteiger partial charge in [-0.25, -0.2) is 14.6 Å².